The van der Waals surface area contributed by atoms with Crippen molar-refractivity contribution in [3.63, 3.8) is 0 Å². The lowest BCUT2D eigenvalue weighted by molar-refractivity contribution is -0.134. The summed E-state index contributed by atoms with van der Waals surface area (Å²) in [4.78, 5) is 17.3. The third-order valence-corrected chi connectivity index (χ3v) is 8.13. The van der Waals surface area contributed by atoms with Crippen LogP contribution in [0.5, 0.6) is 0 Å². The maximum absolute atomic E-state index is 13.1. The van der Waals surface area contributed by atoms with Gasteiger partial charge in [-0.25, -0.2) is 8.42 Å². The number of halogens is 1. The minimum Gasteiger partial charge on any atom is -0.339 e. The molecule has 3 aromatic rings. The first-order chi connectivity index (χ1) is 16.3. The molecule has 34 heavy (non-hydrogen) atoms. The predicted molar refractivity (Wildman–Crippen MR) is 137 cm³/mol. The summed E-state index contributed by atoms with van der Waals surface area (Å²) in [6.07, 6.45) is 0. The highest BCUT2D eigenvalue weighted by Crippen LogP contribution is 2.29. The minimum atomic E-state index is -3.78. The van der Waals surface area contributed by atoms with E-state index < -0.39 is 16.1 Å². The summed E-state index contributed by atoms with van der Waals surface area (Å²) in [5.41, 5.74) is 2.42. The summed E-state index contributed by atoms with van der Waals surface area (Å²) in [5, 5.41) is 0. The van der Waals surface area contributed by atoms with Crippen molar-refractivity contribution < 1.29 is 13.2 Å². The van der Waals surface area contributed by atoms with Gasteiger partial charge in [-0.1, -0.05) is 76.6 Å². The predicted octanol–water partition coefficient (Wildman–Crippen LogP) is 4.05. The SMILES string of the molecule is C[C@@H](NS(=O)(=O)c1ccc(Br)cc1)C(=O)N1CCN(C(c2ccccc2)c2ccccc2)CC1. The van der Waals surface area contributed by atoms with E-state index in [4.69, 9.17) is 0 Å². The van der Waals surface area contributed by atoms with E-state index in [9.17, 15) is 13.2 Å². The van der Waals surface area contributed by atoms with Gasteiger partial charge in [-0.2, -0.15) is 4.72 Å². The zero-order chi connectivity index (χ0) is 24.1. The van der Waals surface area contributed by atoms with Crippen molar-refractivity contribution in [3.05, 3.63) is 101 Å². The van der Waals surface area contributed by atoms with Gasteiger partial charge >= 0.3 is 0 Å². The molecule has 0 spiro atoms. The molecule has 1 N–H and O–H groups in total. The quantitative estimate of drug-likeness (QED) is 0.489. The molecule has 1 fully saturated rings. The normalized spacial score (nSPS) is 15.9. The highest BCUT2D eigenvalue weighted by Gasteiger charge is 2.31. The Kier molecular flexibility index (Phi) is 7.83. The van der Waals surface area contributed by atoms with Crippen molar-refractivity contribution in [1.82, 2.24) is 14.5 Å². The lowest BCUT2D eigenvalue weighted by Crippen LogP contribution is -2.54. The third kappa shape index (κ3) is 5.75. The molecule has 1 saturated heterocycles. The Morgan fingerprint density at radius 2 is 1.32 bits per heavy atom. The van der Waals surface area contributed by atoms with Gasteiger partial charge in [0.1, 0.15) is 0 Å². The van der Waals surface area contributed by atoms with Crippen LogP contribution < -0.4 is 4.72 Å². The highest BCUT2D eigenvalue weighted by atomic mass is 79.9. The van der Waals surface area contributed by atoms with Crippen LogP contribution in [0.2, 0.25) is 0 Å². The van der Waals surface area contributed by atoms with E-state index >= 15 is 0 Å². The first-order valence-electron chi connectivity index (χ1n) is 11.3. The highest BCUT2D eigenvalue weighted by molar-refractivity contribution is 9.10. The molecule has 0 saturated carbocycles. The smallest absolute Gasteiger partial charge is 0.241 e. The maximum Gasteiger partial charge on any atom is 0.241 e. The first kappa shape index (κ1) is 24.6. The summed E-state index contributed by atoms with van der Waals surface area (Å²) in [6.45, 7) is 4.08. The fourth-order valence-corrected chi connectivity index (χ4v) is 5.79. The number of sulfonamides is 1. The van der Waals surface area contributed by atoms with E-state index in [0.717, 1.165) is 4.47 Å². The number of carbonyl (C=O) groups excluding carboxylic acids is 1. The van der Waals surface area contributed by atoms with Gasteiger partial charge in [-0.3, -0.25) is 9.69 Å². The molecule has 1 atom stereocenters. The van der Waals surface area contributed by atoms with Gasteiger partial charge in [-0.05, 0) is 42.3 Å². The summed E-state index contributed by atoms with van der Waals surface area (Å²) in [7, 11) is -3.78. The summed E-state index contributed by atoms with van der Waals surface area (Å²) >= 11 is 3.30. The van der Waals surface area contributed by atoms with Gasteiger partial charge in [0, 0.05) is 30.7 Å². The summed E-state index contributed by atoms with van der Waals surface area (Å²) in [5.74, 6) is -0.212. The second-order valence-electron chi connectivity index (χ2n) is 8.38. The number of rotatable bonds is 7. The Hall–Kier alpha value is -2.52. The number of amides is 1. The average Bonchev–Trinajstić information content (AvgIpc) is 2.85. The third-order valence-electron chi connectivity index (χ3n) is 6.05. The summed E-state index contributed by atoms with van der Waals surface area (Å²) < 4.78 is 28.7. The maximum atomic E-state index is 13.1. The molecular formula is C26H28BrN3O3S. The Bertz CT molecular complexity index is 1160. The van der Waals surface area contributed by atoms with Crippen LogP contribution >= 0.6 is 15.9 Å². The standard InChI is InChI=1S/C26H28BrN3O3S/c1-20(28-34(32,33)24-14-12-23(27)13-15-24)26(31)30-18-16-29(17-19-30)25(21-8-4-2-5-9-21)22-10-6-3-7-11-22/h2-15,20,25,28H,16-19H2,1H3/t20-/m1/s1. The molecule has 0 aromatic heterocycles. The molecule has 6 nitrogen and oxygen atoms in total. The van der Waals surface area contributed by atoms with Crippen molar-refractivity contribution >= 4 is 31.9 Å². The van der Waals surface area contributed by atoms with Crippen LogP contribution in [0.3, 0.4) is 0 Å². The molecule has 1 aliphatic rings. The van der Waals surface area contributed by atoms with Crippen molar-refractivity contribution in [2.45, 2.75) is 23.9 Å². The molecule has 178 valence electrons. The van der Waals surface area contributed by atoms with Gasteiger partial charge in [0.15, 0.2) is 0 Å². The van der Waals surface area contributed by atoms with Crippen LogP contribution in [-0.4, -0.2) is 56.3 Å². The van der Waals surface area contributed by atoms with Gasteiger partial charge in [0.05, 0.1) is 17.0 Å². The molecule has 0 aliphatic carbocycles. The monoisotopic (exact) mass is 541 g/mol. The molecular weight excluding hydrogens is 514 g/mol. The number of nitrogens with one attached hydrogen (secondary N) is 1. The van der Waals surface area contributed by atoms with E-state index in [1.54, 1.807) is 24.0 Å². The molecule has 0 unspecified atom stereocenters. The van der Waals surface area contributed by atoms with E-state index in [1.165, 1.54) is 23.3 Å². The van der Waals surface area contributed by atoms with Gasteiger partial charge in [-0.15, -0.1) is 0 Å². The molecule has 0 bridgehead atoms. The number of benzene rings is 3. The first-order valence-corrected chi connectivity index (χ1v) is 13.5. The molecule has 4 rings (SSSR count). The number of nitrogens with zero attached hydrogens (tertiary/aromatic N) is 2. The largest absolute Gasteiger partial charge is 0.339 e. The second-order valence-corrected chi connectivity index (χ2v) is 11.0. The van der Waals surface area contributed by atoms with Gasteiger partial charge < -0.3 is 4.90 Å². The number of hydrogen-bond acceptors (Lipinski definition) is 4. The van der Waals surface area contributed by atoms with E-state index in [2.05, 4.69) is 49.8 Å². The van der Waals surface area contributed by atoms with E-state index in [0.29, 0.717) is 26.2 Å². The topological polar surface area (TPSA) is 69.7 Å². The van der Waals surface area contributed by atoms with Crippen LogP contribution in [0, 0.1) is 0 Å². The van der Waals surface area contributed by atoms with E-state index in [1.807, 2.05) is 36.4 Å². The molecule has 0 radical (unpaired) electrons. The van der Waals surface area contributed by atoms with Crippen LogP contribution in [0.1, 0.15) is 24.1 Å². The van der Waals surface area contributed by atoms with Crippen molar-refractivity contribution in [3.8, 4) is 0 Å². The molecule has 1 amide bonds. The van der Waals surface area contributed by atoms with Crippen LogP contribution in [-0.2, 0) is 14.8 Å². The Morgan fingerprint density at radius 3 is 1.82 bits per heavy atom. The zero-order valence-corrected chi connectivity index (χ0v) is 21.4. The fraction of sp³-hybridized carbons (Fsp3) is 0.269. The Morgan fingerprint density at radius 1 is 0.824 bits per heavy atom. The van der Waals surface area contributed by atoms with E-state index in [-0.39, 0.29) is 16.8 Å². The summed E-state index contributed by atoms with van der Waals surface area (Å²) in [6, 6.07) is 26.3. The van der Waals surface area contributed by atoms with Gasteiger partial charge in [0.25, 0.3) is 0 Å². The van der Waals surface area contributed by atoms with Gasteiger partial charge in [0.2, 0.25) is 15.9 Å². The molecule has 3 aromatic carbocycles. The van der Waals surface area contributed by atoms with Crippen LogP contribution in [0.25, 0.3) is 0 Å². The van der Waals surface area contributed by atoms with Crippen LogP contribution in [0.15, 0.2) is 94.3 Å². The lowest BCUT2D eigenvalue weighted by atomic mass is 9.96. The number of piperazine rings is 1. The molecule has 1 heterocycles. The lowest BCUT2D eigenvalue weighted by Gasteiger charge is -2.40. The number of hydrogen-bond donors (Lipinski definition) is 1. The van der Waals surface area contributed by atoms with Crippen molar-refractivity contribution in [2.24, 2.45) is 0 Å². The molecule has 1 aliphatic heterocycles. The fourth-order valence-electron chi connectivity index (χ4n) is 4.32. The Balaban J connectivity index is 1.42. The molecule has 8 heteroatoms. The van der Waals surface area contributed by atoms with Crippen molar-refractivity contribution in [2.75, 3.05) is 26.2 Å². The zero-order valence-electron chi connectivity index (χ0n) is 19.0. The minimum absolute atomic E-state index is 0.105. The second kappa shape index (κ2) is 10.8. The van der Waals surface area contributed by atoms with Crippen molar-refractivity contribution in [1.29, 1.82) is 0 Å². The number of carbonyl (C=O) groups is 1. The average molecular weight is 542 g/mol. The van der Waals surface area contributed by atoms with Crippen LogP contribution in [0.4, 0.5) is 0 Å². The Labute approximate surface area is 209 Å².